The zero-order chi connectivity index (χ0) is 10.1. The van der Waals surface area contributed by atoms with Crippen LogP contribution in [-0.2, 0) is 4.74 Å². The van der Waals surface area contributed by atoms with Crippen molar-refractivity contribution in [3.05, 3.63) is 11.6 Å². The van der Waals surface area contributed by atoms with E-state index in [9.17, 15) is 0 Å². The number of halogens is 1. The van der Waals surface area contributed by atoms with Crippen LogP contribution in [0.5, 0.6) is 0 Å². The summed E-state index contributed by atoms with van der Waals surface area (Å²) in [5.74, 6) is 0. The Morgan fingerprint density at radius 2 is 2.31 bits per heavy atom. The molecule has 3 nitrogen and oxygen atoms in total. The summed E-state index contributed by atoms with van der Waals surface area (Å²) in [6.07, 6.45) is 0.508. The molecule has 0 rings (SSSR count). The minimum Gasteiger partial charge on any atom is -0.383 e. The molecule has 0 aromatic heterocycles. The lowest BCUT2D eigenvalue weighted by Crippen LogP contribution is -2.29. The monoisotopic (exact) mass is 202 g/mol. The normalized spacial score (nSPS) is 10.0. The van der Waals surface area contributed by atoms with Crippen LogP contribution in [-0.4, -0.2) is 38.3 Å². The molecule has 0 heterocycles. The topological polar surface area (TPSA) is 36.3 Å². The minimum atomic E-state index is 0.508. The summed E-state index contributed by atoms with van der Waals surface area (Å²) in [7, 11) is 1.65. The number of ether oxygens (including phenoxy) is 1. The van der Waals surface area contributed by atoms with Crippen LogP contribution in [0, 0.1) is 11.3 Å². The molecule has 0 aromatic rings. The molecule has 4 heteroatoms. The van der Waals surface area contributed by atoms with E-state index in [2.05, 4.69) is 12.6 Å². The van der Waals surface area contributed by atoms with Gasteiger partial charge in [0.1, 0.15) is 0 Å². The van der Waals surface area contributed by atoms with E-state index in [0.717, 1.165) is 6.54 Å². The molecule has 0 fully saturated rings. The van der Waals surface area contributed by atoms with E-state index in [0.29, 0.717) is 31.1 Å². The summed E-state index contributed by atoms with van der Waals surface area (Å²) in [6.45, 7) is 6.37. The largest absolute Gasteiger partial charge is 0.383 e. The molecule has 0 unspecified atom stereocenters. The average molecular weight is 203 g/mol. The van der Waals surface area contributed by atoms with Gasteiger partial charge in [-0.3, -0.25) is 4.90 Å². The van der Waals surface area contributed by atoms with Crippen LogP contribution in [0.3, 0.4) is 0 Å². The van der Waals surface area contributed by atoms with Gasteiger partial charge < -0.3 is 4.74 Å². The maximum absolute atomic E-state index is 8.41. The Kier molecular flexibility index (Phi) is 7.71. The third kappa shape index (κ3) is 7.79. The second-order valence-electron chi connectivity index (χ2n) is 2.69. The van der Waals surface area contributed by atoms with Gasteiger partial charge in [-0.1, -0.05) is 18.2 Å². The van der Waals surface area contributed by atoms with Crippen LogP contribution in [0.25, 0.3) is 0 Å². The molecular formula is C9H15ClN2O. The maximum atomic E-state index is 8.41. The second kappa shape index (κ2) is 8.06. The third-order valence-electron chi connectivity index (χ3n) is 1.55. The molecule has 0 N–H and O–H groups in total. The Morgan fingerprint density at radius 1 is 1.62 bits per heavy atom. The fourth-order valence-electron chi connectivity index (χ4n) is 0.941. The first-order valence-electron chi connectivity index (χ1n) is 4.12. The molecule has 0 amide bonds. The number of nitriles is 1. The van der Waals surface area contributed by atoms with E-state index in [1.54, 1.807) is 7.11 Å². The molecule has 0 saturated heterocycles. The highest BCUT2D eigenvalue weighted by Crippen LogP contribution is 2.01. The number of hydrogen-bond donors (Lipinski definition) is 0. The Balaban J connectivity index is 3.74. The molecular weight excluding hydrogens is 188 g/mol. The van der Waals surface area contributed by atoms with Crippen LogP contribution < -0.4 is 0 Å². The molecule has 0 saturated carbocycles. The highest BCUT2D eigenvalue weighted by molar-refractivity contribution is 6.29. The van der Waals surface area contributed by atoms with Crippen molar-refractivity contribution in [2.45, 2.75) is 6.42 Å². The van der Waals surface area contributed by atoms with Gasteiger partial charge in [-0.25, -0.2) is 0 Å². The van der Waals surface area contributed by atoms with E-state index in [1.165, 1.54) is 0 Å². The van der Waals surface area contributed by atoms with Crippen molar-refractivity contribution in [2.24, 2.45) is 0 Å². The van der Waals surface area contributed by atoms with Crippen LogP contribution in [0.2, 0.25) is 0 Å². The average Bonchev–Trinajstić information content (AvgIpc) is 2.09. The lowest BCUT2D eigenvalue weighted by Gasteiger charge is -2.19. The van der Waals surface area contributed by atoms with Crippen molar-refractivity contribution in [2.75, 3.05) is 33.4 Å². The number of nitrogens with zero attached hydrogens (tertiary/aromatic N) is 2. The first-order chi connectivity index (χ1) is 6.20. The van der Waals surface area contributed by atoms with Gasteiger partial charge in [0, 0.05) is 38.2 Å². The summed E-state index contributed by atoms with van der Waals surface area (Å²) < 4.78 is 4.94. The van der Waals surface area contributed by atoms with Crippen molar-refractivity contribution < 1.29 is 4.74 Å². The van der Waals surface area contributed by atoms with E-state index < -0.39 is 0 Å². The molecule has 0 aliphatic rings. The molecule has 0 spiro atoms. The highest BCUT2D eigenvalue weighted by atomic mass is 35.5. The number of methoxy groups -OCH3 is 1. The van der Waals surface area contributed by atoms with E-state index in [-0.39, 0.29) is 0 Å². The Labute approximate surface area is 84.5 Å². The highest BCUT2D eigenvalue weighted by Gasteiger charge is 2.04. The maximum Gasteiger partial charge on any atom is 0.0635 e. The summed E-state index contributed by atoms with van der Waals surface area (Å²) >= 11 is 5.67. The third-order valence-corrected chi connectivity index (χ3v) is 1.67. The lowest BCUT2D eigenvalue weighted by molar-refractivity contribution is 0.155. The van der Waals surface area contributed by atoms with Gasteiger partial charge >= 0.3 is 0 Å². The Hall–Kier alpha value is -0.560. The quantitative estimate of drug-likeness (QED) is 0.629. The fraction of sp³-hybridized carbons (Fsp3) is 0.667. The predicted octanol–water partition coefficient (Wildman–Crippen LogP) is 1.60. The van der Waals surface area contributed by atoms with Gasteiger partial charge in [-0.05, 0) is 0 Å². The smallest absolute Gasteiger partial charge is 0.0635 e. The molecule has 74 valence electrons. The van der Waals surface area contributed by atoms with Crippen molar-refractivity contribution in [3.63, 3.8) is 0 Å². The van der Waals surface area contributed by atoms with Crippen LogP contribution >= 0.6 is 11.6 Å². The molecule has 13 heavy (non-hydrogen) atoms. The van der Waals surface area contributed by atoms with Crippen molar-refractivity contribution in [1.82, 2.24) is 4.90 Å². The first-order valence-corrected chi connectivity index (χ1v) is 4.50. The SMILES string of the molecule is C=C(Cl)CN(CCC#N)CCOC. The Morgan fingerprint density at radius 3 is 2.77 bits per heavy atom. The van der Waals surface area contributed by atoms with Gasteiger partial charge in [0.25, 0.3) is 0 Å². The Bertz CT molecular complexity index is 189. The van der Waals surface area contributed by atoms with E-state index in [1.807, 2.05) is 4.90 Å². The van der Waals surface area contributed by atoms with Gasteiger partial charge in [0.05, 0.1) is 12.7 Å². The van der Waals surface area contributed by atoms with Crippen molar-refractivity contribution >= 4 is 11.6 Å². The van der Waals surface area contributed by atoms with Gasteiger partial charge in [0.15, 0.2) is 0 Å². The predicted molar refractivity (Wildman–Crippen MR) is 53.5 cm³/mol. The number of rotatable bonds is 7. The van der Waals surface area contributed by atoms with Crippen molar-refractivity contribution in [1.29, 1.82) is 5.26 Å². The van der Waals surface area contributed by atoms with Gasteiger partial charge in [0.2, 0.25) is 0 Å². The fourth-order valence-corrected chi connectivity index (χ4v) is 1.11. The van der Waals surface area contributed by atoms with Crippen molar-refractivity contribution in [3.8, 4) is 6.07 Å². The molecule has 0 atom stereocenters. The zero-order valence-electron chi connectivity index (χ0n) is 7.92. The van der Waals surface area contributed by atoms with Crippen LogP contribution in [0.4, 0.5) is 0 Å². The summed E-state index contributed by atoms with van der Waals surface area (Å²) in [5, 5.41) is 9.00. The van der Waals surface area contributed by atoms with Crippen LogP contribution in [0.1, 0.15) is 6.42 Å². The molecule has 0 aromatic carbocycles. The van der Waals surface area contributed by atoms with E-state index >= 15 is 0 Å². The summed E-state index contributed by atoms with van der Waals surface area (Å²) in [5.41, 5.74) is 0. The van der Waals surface area contributed by atoms with Crippen LogP contribution in [0.15, 0.2) is 11.6 Å². The summed E-state index contributed by atoms with van der Waals surface area (Å²) in [6, 6.07) is 2.09. The second-order valence-corrected chi connectivity index (χ2v) is 3.23. The van der Waals surface area contributed by atoms with Gasteiger partial charge in [-0.15, -0.1) is 0 Å². The molecule has 0 radical (unpaired) electrons. The first kappa shape index (κ1) is 12.4. The molecule has 0 aliphatic heterocycles. The molecule has 0 aliphatic carbocycles. The van der Waals surface area contributed by atoms with E-state index in [4.69, 9.17) is 21.6 Å². The minimum absolute atomic E-state index is 0.508. The summed E-state index contributed by atoms with van der Waals surface area (Å²) in [4.78, 5) is 2.04. The lowest BCUT2D eigenvalue weighted by atomic mass is 10.4. The molecule has 0 bridgehead atoms. The van der Waals surface area contributed by atoms with Gasteiger partial charge in [-0.2, -0.15) is 5.26 Å². The standard InChI is InChI=1S/C9H15ClN2O/c1-9(10)8-12(5-3-4-11)6-7-13-2/h1,3,5-8H2,2H3. The zero-order valence-corrected chi connectivity index (χ0v) is 8.68. The number of hydrogen-bond acceptors (Lipinski definition) is 3.